The number of aliphatic hydroxyl groups is 2. The smallest absolute Gasteiger partial charge is 0.328 e. The highest BCUT2D eigenvalue weighted by molar-refractivity contribution is 5.81. The van der Waals surface area contributed by atoms with Crippen molar-refractivity contribution in [2.75, 3.05) is 6.61 Å². The molecule has 0 aliphatic heterocycles. The van der Waals surface area contributed by atoms with E-state index in [1.165, 1.54) is 6.08 Å². The highest BCUT2D eigenvalue weighted by Gasteiger charge is 2.25. The van der Waals surface area contributed by atoms with Gasteiger partial charge in [0.2, 0.25) is 0 Å². The summed E-state index contributed by atoms with van der Waals surface area (Å²) in [5, 5.41) is 36.2. The Hall–Kier alpha value is -1.66. The van der Waals surface area contributed by atoms with Gasteiger partial charge in [-0.05, 0) is 38.2 Å². The second-order valence-electron chi connectivity index (χ2n) is 6.51. The molecule has 0 bridgehead atoms. The van der Waals surface area contributed by atoms with Crippen LogP contribution in [0.5, 0.6) is 0 Å². The van der Waals surface area contributed by atoms with Gasteiger partial charge in [0.1, 0.15) is 5.92 Å². The topological polar surface area (TPSA) is 115 Å². The van der Waals surface area contributed by atoms with Gasteiger partial charge >= 0.3 is 11.9 Å². The summed E-state index contributed by atoms with van der Waals surface area (Å²) in [5.74, 6) is -2.82. The zero-order valence-electron chi connectivity index (χ0n) is 14.7. The van der Waals surface area contributed by atoms with Gasteiger partial charge in [-0.3, -0.25) is 4.79 Å². The lowest BCUT2D eigenvalue weighted by atomic mass is 9.93. The molecule has 0 rings (SSSR count). The van der Waals surface area contributed by atoms with Crippen molar-refractivity contribution in [3.63, 3.8) is 0 Å². The van der Waals surface area contributed by atoms with Crippen molar-refractivity contribution in [2.24, 2.45) is 11.8 Å². The Labute approximate surface area is 143 Å². The standard InChI is InChI=1S/C18H30O6/c1-12(8-13(2)9-14(3)10-17(21)22)6-4-5-7-16(20)15(11-19)18(23)24/h9-10,12,15-16,19-20H,4-8,11H2,1-3H3,(H,21,22)(H,23,24)/b13-9+,14-10+/t12-,15+,16+/m0/s1. The van der Waals surface area contributed by atoms with Gasteiger partial charge in [-0.2, -0.15) is 0 Å². The summed E-state index contributed by atoms with van der Waals surface area (Å²) in [6, 6.07) is 0. The van der Waals surface area contributed by atoms with Crippen LogP contribution in [-0.2, 0) is 9.59 Å². The van der Waals surface area contributed by atoms with Gasteiger partial charge in [-0.25, -0.2) is 4.79 Å². The third kappa shape index (κ3) is 10.2. The molecule has 0 fully saturated rings. The van der Waals surface area contributed by atoms with Crippen molar-refractivity contribution in [2.45, 2.75) is 59.0 Å². The molecule has 0 spiro atoms. The molecule has 6 heteroatoms. The Bertz CT molecular complexity index is 466. The van der Waals surface area contributed by atoms with Crippen LogP contribution in [-0.4, -0.2) is 45.1 Å². The van der Waals surface area contributed by atoms with Crippen molar-refractivity contribution in [3.05, 3.63) is 23.3 Å². The summed E-state index contributed by atoms with van der Waals surface area (Å²) in [6.45, 7) is 5.28. The Morgan fingerprint density at radius 2 is 1.62 bits per heavy atom. The van der Waals surface area contributed by atoms with Gasteiger partial charge in [-0.1, -0.05) is 37.8 Å². The zero-order valence-corrected chi connectivity index (χ0v) is 14.7. The van der Waals surface area contributed by atoms with Crippen LogP contribution in [0.15, 0.2) is 23.3 Å². The van der Waals surface area contributed by atoms with Crippen molar-refractivity contribution < 1.29 is 30.0 Å². The SMILES string of the molecule is CC(=C\C(=O)O)/C=C(\C)C[C@@H](C)CCCC[C@@H](O)[C@@H](CO)C(=O)O. The van der Waals surface area contributed by atoms with Gasteiger partial charge in [0, 0.05) is 6.08 Å². The predicted molar refractivity (Wildman–Crippen MR) is 91.6 cm³/mol. The van der Waals surface area contributed by atoms with Gasteiger partial charge < -0.3 is 20.4 Å². The number of allylic oxidation sites excluding steroid dienone is 3. The minimum Gasteiger partial charge on any atom is -0.481 e. The highest BCUT2D eigenvalue weighted by atomic mass is 16.4. The zero-order chi connectivity index (χ0) is 18.7. The molecule has 0 aromatic rings. The fourth-order valence-corrected chi connectivity index (χ4v) is 2.75. The molecule has 0 aliphatic rings. The molecule has 0 saturated carbocycles. The number of unbranched alkanes of at least 4 members (excludes halogenated alkanes) is 1. The maximum Gasteiger partial charge on any atom is 0.328 e. The van der Waals surface area contributed by atoms with E-state index in [1.54, 1.807) is 6.92 Å². The van der Waals surface area contributed by atoms with Gasteiger partial charge in [0.15, 0.2) is 0 Å². The number of hydrogen-bond donors (Lipinski definition) is 4. The molecule has 4 N–H and O–H groups in total. The van der Waals surface area contributed by atoms with E-state index in [2.05, 4.69) is 6.92 Å². The average molecular weight is 342 g/mol. The minimum atomic E-state index is -1.18. The molecule has 0 unspecified atom stereocenters. The Morgan fingerprint density at radius 1 is 1.04 bits per heavy atom. The Balaban J connectivity index is 4.14. The first-order chi connectivity index (χ1) is 11.2. The molecule has 0 saturated heterocycles. The van der Waals surface area contributed by atoms with E-state index >= 15 is 0 Å². The number of rotatable bonds is 12. The lowest BCUT2D eigenvalue weighted by Gasteiger charge is -2.17. The van der Waals surface area contributed by atoms with E-state index in [0.717, 1.165) is 24.8 Å². The van der Waals surface area contributed by atoms with Crippen LogP contribution < -0.4 is 0 Å². The number of aliphatic hydroxyl groups excluding tert-OH is 2. The van der Waals surface area contributed by atoms with Crippen molar-refractivity contribution in [1.82, 2.24) is 0 Å². The van der Waals surface area contributed by atoms with E-state index in [4.69, 9.17) is 15.3 Å². The largest absolute Gasteiger partial charge is 0.481 e. The number of aliphatic carboxylic acids is 2. The molecule has 0 aromatic carbocycles. The number of carboxylic acids is 2. The van der Waals surface area contributed by atoms with Crippen LogP contribution in [0.4, 0.5) is 0 Å². The second-order valence-corrected chi connectivity index (χ2v) is 6.51. The second kappa shape index (κ2) is 11.8. The number of carbonyl (C=O) groups is 2. The van der Waals surface area contributed by atoms with Gasteiger partial charge in [0.05, 0.1) is 12.7 Å². The number of carboxylic acid groups (broad SMARTS) is 2. The molecule has 0 radical (unpaired) electrons. The van der Waals surface area contributed by atoms with Crippen molar-refractivity contribution in [1.29, 1.82) is 0 Å². The van der Waals surface area contributed by atoms with E-state index < -0.39 is 30.6 Å². The summed E-state index contributed by atoms with van der Waals surface area (Å²) in [6.07, 6.45) is 5.76. The van der Waals surface area contributed by atoms with E-state index in [-0.39, 0.29) is 0 Å². The molecule has 3 atom stereocenters. The fourth-order valence-electron chi connectivity index (χ4n) is 2.75. The van der Waals surface area contributed by atoms with Crippen LogP contribution >= 0.6 is 0 Å². The third-order valence-corrected chi connectivity index (χ3v) is 3.92. The minimum absolute atomic E-state index is 0.361. The van der Waals surface area contributed by atoms with Crippen LogP contribution in [0.25, 0.3) is 0 Å². The molecule has 0 aromatic heterocycles. The van der Waals surface area contributed by atoms with Crippen molar-refractivity contribution in [3.8, 4) is 0 Å². The van der Waals surface area contributed by atoms with Gasteiger partial charge in [0.25, 0.3) is 0 Å². The summed E-state index contributed by atoms with van der Waals surface area (Å²) >= 11 is 0. The third-order valence-electron chi connectivity index (χ3n) is 3.92. The Kier molecular flexibility index (Phi) is 11.0. The quantitative estimate of drug-likeness (QED) is 0.246. The van der Waals surface area contributed by atoms with Crippen LogP contribution in [0, 0.1) is 11.8 Å². The molecule has 0 aliphatic carbocycles. The summed E-state index contributed by atoms with van der Waals surface area (Å²) in [7, 11) is 0. The normalized spacial score (nSPS) is 16.5. The highest BCUT2D eigenvalue weighted by Crippen LogP contribution is 2.20. The van der Waals surface area contributed by atoms with Crippen molar-refractivity contribution >= 4 is 11.9 Å². The molecule has 0 heterocycles. The Morgan fingerprint density at radius 3 is 2.12 bits per heavy atom. The predicted octanol–water partition coefficient (Wildman–Crippen LogP) is 2.60. The maximum absolute atomic E-state index is 10.8. The first-order valence-electron chi connectivity index (χ1n) is 8.27. The van der Waals surface area contributed by atoms with Crippen LogP contribution in [0.3, 0.4) is 0 Å². The van der Waals surface area contributed by atoms with Crippen LogP contribution in [0.2, 0.25) is 0 Å². The molecular weight excluding hydrogens is 312 g/mol. The molecule has 0 amide bonds. The fraction of sp³-hybridized carbons (Fsp3) is 0.667. The summed E-state index contributed by atoms with van der Waals surface area (Å²) < 4.78 is 0. The monoisotopic (exact) mass is 342 g/mol. The molecule has 6 nitrogen and oxygen atoms in total. The first-order valence-corrected chi connectivity index (χ1v) is 8.27. The first kappa shape index (κ1) is 22.3. The lowest BCUT2D eigenvalue weighted by Crippen LogP contribution is -2.31. The van der Waals surface area contributed by atoms with Crippen LogP contribution in [0.1, 0.15) is 52.9 Å². The molecule has 138 valence electrons. The summed E-state index contributed by atoms with van der Waals surface area (Å²) in [4.78, 5) is 21.4. The van der Waals surface area contributed by atoms with E-state index in [1.807, 2.05) is 13.0 Å². The number of hydrogen-bond acceptors (Lipinski definition) is 4. The summed E-state index contributed by atoms with van der Waals surface area (Å²) in [5.41, 5.74) is 1.82. The van der Waals surface area contributed by atoms with Gasteiger partial charge in [-0.15, -0.1) is 0 Å². The van der Waals surface area contributed by atoms with E-state index in [9.17, 15) is 14.7 Å². The molecular formula is C18H30O6. The maximum atomic E-state index is 10.8. The lowest BCUT2D eigenvalue weighted by molar-refractivity contribution is -0.147. The average Bonchev–Trinajstić information content (AvgIpc) is 2.42. The molecule has 24 heavy (non-hydrogen) atoms. The van der Waals surface area contributed by atoms with E-state index in [0.29, 0.717) is 24.3 Å².